The summed E-state index contributed by atoms with van der Waals surface area (Å²) < 4.78 is 5.48. The molecule has 8 heteroatoms. The van der Waals surface area contributed by atoms with Gasteiger partial charge < -0.3 is 4.74 Å². The minimum absolute atomic E-state index is 0.246. The molecule has 3 rings (SSSR count). The smallest absolute Gasteiger partial charge is 0.429 e. The lowest BCUT2D eigenvalue weighted by Gasteiger charge is -2.44. The van der Waals surface area contributed by atoms with E-state index in [0.29, 0.717) is 24.1 Å². The van der Waals surface area contributed by atoms with Gasteiger partial charge in [0.25, 0.3) is 17.7 Å². The van der Waals surface area contributed by atoms with Crippen molar-refractivity contribution in [2.75, 3.05) is 6.54 Å². The maximum atomic E-state index is 13.6. The molecule has 2 aliphatic heterocycles. The largest absolute Gasteiger partial charge is 0.442 e. The molecule has 0 aromatic heterocycles. The molecule has 1 saturated heterocycles. The quantitative estimate of drug-likeness (QED) is 0.708. The molecule has 30 heavy (non-hydrogen) atoms. The van der Waals surface area contributed by atoms with Crippen LogP contribution in [0.1, 0.15) is 74.6 Å². The lowest BCUT2D eigenvalue weighted by Crippen LogP contribution is -2.62. The number of carbonyl (C=O) groups is 4. The van der Waals surface area contributed by atoms with E-state index < -0.39 is 35.5 Å². The molecule has 0 spiro atoms. The van der Waals surface area contributed by atoms with Crippen LogP contribution in [0.2, 0.25) is 0 Å². The summed E-state index contributed by atoms with van der Waals surface area (Å²) in [4.78, 5) is 53.2. The van der Waals surface area contributed by atoms with Gasteiger partial charge in [-0.05, 0) is 59.1 Å². The topological polar surface area (TPSA) is 87.2 Å². The van der Waals surface area contributed by atoms with Crippen LogP contribution in [0.15, 0.2) is 24.3 Å². The standard InChI is InChI=1S/C22H29N3O5/c1-6-17(24-18(26)15-11-7-8-12-16(15)19(24)27)20(28)25-14(2)10-9-13-23(25)21(29)30-22(3,4)5/h7-8,11-12,14,17H,6,9-10,13H2,1-5H3/t14-,17-/m0/s1. The van der Waals surface area contributed by atoms with Gasteiger partial charge in [0, 0.05) is 6.54 Å². The number of benzene rings is 1. The molecular weight excluding hydrogens is 386 g/mol. The SMILES string of the molecule is CC[C@@H](C(=O)N1[C@@H](C)CCCN1C(=O)OC(C)(C)C)N1C(=O)c2ccccc2C1=O. The van der Waals surface area contributed by atoms with Gasteiger partial charge in [0.1, 0.15) is 11.6 Å². The number of carbonyl (C=O) groups excluding carboxylic acids is 4. The van der Waals surface area contributed by atoms with Gasteiger partial charge in [-0.1, -0.05) is 19.1 Å². The maximum Gasteiger partial charge on any atom is 0.429 e. The van der Waals surface area contributed by atoms with E-state index in [2.05, 4.69) is 0 Å². The first-order valence-electron chi connectivity index (χ1n) is 10.4. The summed E-state index contributed by atoms with van der Waals surface area (Å²) in [5.74, 6) is -1.42. The van der Waals surface area contributed by atoms with Crippen molar-refractivity contribution in [1.29, 1.82) is 0 Å². The Morgan fingerprint density at radius 3 is 2.20 bits per heavy atom. The van der Waals surface area contributed by atoms with Crippen LogP contribution in [0.25, 0.3) is 0 Å². The Kier molecular flexibility index (Phi) is 5.87. The first kappa shape index (κ1) is 21.8. The molecular formula is C22H29N3O5. The monoisotopic (exact) mass is 415 g/mol. The van der Waals surface area contributed by atoms with Crippen molar-refractivity contribution in [3.63, 3.8) is 0 Å². The van der Waals surface area contributed by atoms with Crippen molar-refractivity contribution in [2.45, 2.75) is 71.6 Å². The molecule has 2 heterocycles. The third kappa shape index (κ3) is 3.91. The number of fused-ring (bicyclic) bond motifs is 1. The van der Waals surface area contributed by atoms with Crippen LogP contribution in [0.4, 0.5) is 4.79 Å². The number of ether oxygens (including phenoxy) is 1. The van der Waals surface area contributed by atoms with Crippen LogP contribution in [0.5, 0.6) is 0 Å². The van der Waals surface area contributed by atoms with E-state index in [0.717, 1.165) is 11.3 Å². The molecule has 0 radical (unpaired) electrons. The second-order valence-electron chi connectivity index (χ2n) is 8.73. The first-order chi connectivity index (χ1) is 14.1. The average Bonchev–Trinajstić information content (AvgIpc) is 2.92. The molecule has 0 unspecified atom stereocenters. The summed E-state index contributed by atoms with van der Waals surface area (Å²) in [5.41, 5.74) is -0.118. The number of amides is 4. The Morgan fingerprint density at radius 1 is 1.13 bits per heavy atom. The highest BCUT2D eigenvalue weighted by molar-refractivity contribution is 6.22. The summed E-state index contributed by atoms with van der Waals surface area (Å²) >= 11 is 0. The number of imide groups is 1. The van der Waals surface area contributed by atoms with E-state index in [1.807, 2.05) is 6.92 Å². The Morgan fingerprint density at radius 2 is 1.70 bits per heavy atom. The van der Waals surface area contributed by atoms with Gasteiger partial charge in [0.2, 0.25) is 0 Å². The molecule has 2 aliphatic rings. The van der Waals surface area contributed by atoms with Crippen molar-refractivity contribution in [3.8, 4) is 0 Å². The molecule has 0 N–H and O–H groups in total. The second-order valence-corrected chi connectivity index (χ2v) is 8.73. The summed E-state index contributed by atoms with van der Waals surface area (Å²) in [6.45, 7) is 9.22. The minimum atomic E-state index is -0.997. The normalized spacial score (nSPS) is 20.3. The molecule has 1 fully saturated rings. The molecule has 1 aromatic rings. The van der Waals surface area contributed by atoms with Gasteiger partial charge in [-0.25, -0.2) is 14.8 Å². The molecule has 0 aliphatic carbocycles. The van der Waals surface area contributed by atoms with Gasteiger partial charge >= 0.3 is 6.09 Å². The Hall–Kier alpha value is -2.90. The highest BCUT2D eigenvalue weighted by Gasteiger charge is 2.46. The van der Waals surface area contributed by atoms with E-state index in [1.54, 1.807) is 52.0 Å². The zero-order chi connectivity index (χ0) is 22.2. The summed E-state index contributed by atoms with van der Waals surface area (Å²) in [6, 6.07) is 5.29. The molecule has 8 nitrogen and oxygen atoms in total. The fourth-order valence-electron chi connectivity index (χ4n) is 3.95. The van der Waals surface area contributed by atoms with Crippen molar-refractivity contribution in [2.24, 2.45) is 0 Å². The maximum absolute atomic E-state index is 13.6. The predicted octanol–water partition coefficient (Wildman–Crippen LogP) is 3.22. The molecule has 4 amide bonds. The van der Waals surface area contributed by atoms with Gasteiger partial charge in [-0.3, -0.25) is 19.3 Å². The van der Waals surface area contributed by atoms with Crippen LogP contribution in [-0.2, 0) is 9.53 Å². The van der Waals surface area contributed by atoms with E-state index in [1.165, 1.54) is 10.0 Å². The summed E-state index contributed by atoms with van der Waals surface area (Å²) in [6.07, 6.45) is 1.08. The van der Waals surface area contributed by atoms with Gasteiger partial charge in [-0.2, -0.15) is 0 Å². The van der Waals surface area contributed by atoms with Gasteiger partial charge in [-0.15, -0.1) is 0 Å². The van der Waals surface area contributed by atoms with Crippen LogP contribution < -0.4 is 0 Å². The number of hydrogen-bond donors (Lipinski definition) is 0. The van der Waals surface area contributed by atoms with E-state index in [9.17, 15) is 19.2 Å². The van der Waals surface area contributed by atoms with Crippen LogP contribution in [0, 0.1) is 0 Å². The number of hydrazine groups is 1. The molecule has 162 valence electrons. The minimum Gasteiger partial charge on any atom is -0.442 e. The van der Waals surface area contributed by atoms with Gasteiger partial charge in [0.15, 0.2) is 0 Å². The third-order valence-electron chi connectivity index (χ3n) is 5.31. The van der Waals surface area contributed by atoms with Crippen LogP contribution in [-0.4, -0.2) is 63.0 Å². The van der Waals surface area contributed by atoms with E-state index in [4.69, 9.17) is 4.74 Å². The Balaban J connectivity index is 1.90. The Labute approximate surface area is 176 Å². The average molecular weight is 415 g/mol. The fraction of sp³-hybridized carbons (Fsp3) is 0.545. The van der Waals surface area contributed by atoms with Crippen molar-refractivity contribution in [1.82, 2.24) is 14.9 Å². The second kappa shape index (κ2) is 8.08. The highest BCUT2D eigenvalue weighted by atomic mass is 16.6. The zero-order valence-corrected chi connectivity index (χ0v) is 18.2. The van der Waals surface area contributed by atoms with Crippen LogP contribution in [0.3, 0.4) is 0 Å². The highest BCUT2D eigenvalue weighted by Crippen LogP contribution is 2.29. The molecule has 0 saturated carbocycles. The molecule has 1 aromatic carbocycles. The van der Waals surface area contributed by atoms with Crippen molar-refractivity contribution >= 4 is 23.8 Å². The van der Waals surface area contributed by atoms with E-state index in [-0.39, 0.29) is 12.5 Å². The zero-order valence-electron chi connectivity index (χ0n) is 18.2. The summed E-state index contributed by atoms with van der Waals surface area (Å²) in [5, 5.41) is 2.68. The molecule has 2 atom stereocenters. The molecule has 0 bridgehead atoms. The lowest BCUT2D eigenvalue weighted by atomic mass is 10.1. The van der Waals surface area contributed by atoms with Crippen LogP contribution >= 0.6 is 0 Å². The third-order valence-corrected chi connectivity index (χ3v) is 5.31. The number of rotatable bonds is 3. The summed E-state index contributed by atoms with van der Waals surface area (Å²) in [7, 11) is 0. The Bertz CT molecular complexity index is 841. The van der Waals surface area contributed by atoms with Crippen molar-refractivity contribution in [3.05, 3.63) is 35.4 Å². The number of nitrogens with zero attached hydrogens (tertiary/aromatic N) is 3. The number of hydrogen-bond acceptors (Lipinski definition) is 5. The first-order valence-corrected chi connectivity index (χ1v) is 10.4. The fourth-order valence-corrected chi connectivity index (χ4v) is 3.95. The predicted molar refractivity (Wildman–Crippen MR) is 110 cm³/mol. The van der Waals surface area contributed by atoms with Gasteiger partial charge in [0.05, 0.1) is 17.2 Å². The van der Waals surface area contributed by atoms with Crippen molar-refractivity contribution < 1.29 is 23.9 Å². The van der Waals surface area contributed by atoms with E-state index >= 15 is 0 Å². The lowest BCUT2D eigenvalue weighted by molar-refractivity contribution is -0.162.